The number of hydrogen-bond acceptors (Lipinski definition) is 16. The zero-order valence-corrected chi connectivity index (χ0v) is 46.1. The van der Waals surface area contributed by atoms with Gasteiger partial charge in [-0.2, -0.15) is 10.5 Å². The molecule has 2 aromatic heterocycles. The minimum Gasteiger partial charge on any atom is -0.482 e. The third-order valence-corrected chi connectivity index (χ3v) is 12.5. The maximum Gasteiger partial charge on any atom is 0.302 e. The van der Waals surface area contributed by atoms with Gasteiger partial charge in [0.25, 0.3) is 29.3 Å². The van der Waals surface area contributed by atoms with Gasteiger partial charge in [-0.05, 0) is 113 Å². The van der Waals surface area contributed by atoms with Crippen molar-refractivity contribution in [3.8, 4) is 57.0 Å². The molecule has 85 heavy (non-hydrogen) atoms. The summed E-state index contributed by atoms with van der Waals surface area (Å²) < 4.78 is 22.3. The number of fused-ring (bicyclic) bond motifs is 13. The standard InChI is InChI=1S/C56H35N9O8.2C4H8O2/c57-28-32-15-19-34(20-16-32)43-26-36-7-1-3-9-41(36)51-52-42-10-4-2-8-37(42)27-44(35-21-17-33(29-58)18-22-35)54(52)73-31-50(67)62-46-12-6-14-48(60-46)64-56(69)39-23-38(24-40(25-39)65(70)71)55(68)63-47-13-5-11-45(59-47)61-49(66)30-72-53(43)51;2*1-3-6-4(2)5/h1-27H,30-31H2,(H2,59,61,63,66,68)(H2,60,62,64,67,69);2*3H2,1-2H3. The van der Waals surface area contributed by atoms with Gasteiger partial charge in [0.05, 0.1) is 41.4 Å². The van der Waals surface area contributed by atoms with E-state index in [2.05, 4.69) is 52.8 Å². The second kappa shape index (κ2) is 27.6. The molecule has 1 aliphatic heterocycles. The molecule has 1 aliphatic rings. The minimum absolute atomic E-state index is 0.0203. The third-order valence-electron chi connectivity index (χ3n) is 12.5. The molecule has 0 saturated carbocycles. The van der Waals surface area contributed by atoms with Gasteiger partial charge in [-0.1, -0.05) is 84.9 Å². The third kappa shape index (κ3) is 14.9. The van der Waals surface area contributed by atoms with Gasteiger partial charge in [-0.15, -0.1) is 0 Å². The van der Waals surface area contributed by atoms with E-state index in [-0.39, 0.29) is 57.8 Å². The Kier molecular flexibility index (Phi) is 19.2. The van der Waals surface area contributed by atoms with E-state index in [1.54, 1.807) is 62.4 Å². The summed E-state index contributed by atoms with van der Waals surface area (Å²) in [7, 11) is 0. The van der Waals surface area contributed by atoms with E-state index in [1.165, 1.54) is 50.2 Å². The molecule has 4 N–H and O–H groups in total. The number of aromatic nitrogens is 2. The van der Waals surface area contributed by atoms with E-state index in [4.69, 9.17) is 9.47 Å². The number of carbonyl (C=O) groups is 6. The number of anilines is 4. The highest BCUT2D eigenvalue weighted by atomic mass is 16.6. The average molecular weight is 1140 g/mol. The summed E-state index contributed by atoms with van der Waals surface area (Å²) in [6.45, 7) is 6.15. The first-order valence-electron chi connectivity index (χ1n) is 26.2. The molecule has 9 aromatic rings. The van der Waals surface area contributed by atoms with Crippen molar-refractivity contribution >= 4 is 86.1 Å². The van der Waals surface area contributed by atoms with E-state index in [0.29, 0.717) is 68.5 Å². The molecule has 4 amide bonds. The van der Waals surface area contributed by atoms with E-state index < -0.39 is 47.5 Å². The van der Waals surface area contributed by atoms with E-state index in [9.17, 15) is 49.4 Å². The average Bonchev–Trinajstić information content (AvgIpc) is 1.21. The van der Waals surface area contributed by atoms with Crippen LogP contribution in [0.5, 0.6) is 11.5 Å². The molecule has 3 heterocycles. The van der Waals surface area contributed by atoms with Crippen LogP contribution in [0.1, 0.15) is 59.5 Å². The van der Waals surface area contributed by atoms with E-state index in [1.807, 2.05) is 60.7 Å². The van der Waals surface area contributed by atoms with Gasteiger partial charge in [-0.3, -0.25) is 38.9 Å². The van der Waals surface area contributed by atoms with Crippen molar-refractivity contribution < 1.29 is 52.6 Å². The zero-order chi connectivity index (χ0) is 60.6. The van der Waals surface area contributed by atoms with Crippen molar-refractivity contribution in [2.75, 3.05) is 47.7 Å². The maximum atomic E-state index is 14.1. The predicted octanol–water partition coefficient (Wildman–Crippen LogP) is 11.4. The molecule has 0 saturated heterocycles. The Labute approximate surface area is 485 Å². The fourth-order valence-electron chi connectivity index (χ4n) is 8.87. The van der Waals surface area contributed by atoms with Crippen molar-refractivity contribution in [3.05, 3.63) is 196 Å². The van der Waals surface area contributed by atoms with Crippen LogP contribution in [-0.2, 0) is 28.7 Å². The Hall–Kier alpha value is -11.8. The summed E-state index contributed by atoms with van der Waals surface area (Å²) in [5, 5.41) is 45.0. The lowest BCUT2D eigenvalue weighted by Gasteiger charge is -2.24. The monoisotopic (exact) mass is 1140 g/mol. The molecular formula is C64H51N9O12. The predicted molar refractivity (Wildman–Crippen MR) is 318 cm³/mol. The number of benzene rings is 7. The van der Waals surface area contributed by atoms with Crippen LogP contribution < -0.4 is 30.7 Å². The van der Waals surface area contributed by atoms with Crippen LogP contribution in [0.25, 0.3) is 54.9 Å². The van der Waals surface area contributed by atoms with Crippen LogP contribution in [0.4, 0.5) is 29.0 Å². The van der Waals surface area contributed by atoms with Crippen molar-refractivity contribution in [3.63, 3.8) is 0 Å². The van der Waals surface area contributed by atoms with E-state index in [0.717, 1.165) is 29.0 Å². The number of esters is 2. The molecule has 0 unspecified atom stereocenters. The first-order chi connectivity index (χ1) is 41.0. The van der Waals surface area contributed by atoms with Crippen molar-refractivity contribution in [1.29, 1.82) is 10.5 Å². The highest BCUT2D eigenvalue weighted by Gasteiger charge is 2.28. The molecule has 0 atom stereocenters. The Bertz CT molecular complexity index is 3900. The number of non-ortho nitro benzene ring substituents is 1. The van der Waals surface area contributed by atoms with Gasteiger partial charge < -0.3 is 40.2 Å². The zero-order valence-electron chi connectivity index (χ0n) is 46.1. The second-order valence-corrected chi connectivity index (χ2v) is 18.4. The number of amides is 4. The number of nitro benzene ring substituents is 1. The number of pyridine rings is 2. The number of rotatable bonds is 5. The molecule has 6 bridgehead atoms. The lowest BCUT2D eigenvalue weighted by Crippen LogP contribution is -2.22. The first-order valence-corrected chi connectivity index (χ1v) is 26.2. The molecule has 0 radical (unpaired) electrons. The molecule has 0 spiro atoms. The van der Waals surface area contributed by atoms with Gasteiger partial charge in [0, 0.05) is 59.4 Å². The van der Waals surface area contributed by atoms with Crippen LogP contribution >= 0.6 is 0 Å². The summed E-state index contributed by atoms with van der Waals surface area (Å²) in [4.78, 5) is 95.1. The Balaban J connectivity index is 0.000000711. The lowest BCUT2D eigenvalue weighted by molar-refractivity contribution is -0.384. The lowest BCUT2D eigenvalue weighted by atomic mass is 9.86. The molecule has 424 valence electrons. The number of nitro groups is 1. The summed E-state index contributed by atoms with van der Waals surface area (Å²) in [5.41, 5.74) is 3.17. The smallest absolute Gasteiger partial charge is 0.302 e. The Morgan fingerprint density at radius 3 is 1.25 bits per heavy atom. The molecule has 0 fully saturated rings. The normalized spacial score (nSPS) is 12.1. The van der Waals surface area contributed by atoms with Gasteiger partial charge in [0.15, 0.2) is 13.2 Å². The quantitative estimate of drug-likeness (QED) is 0.0707. The molecular weight excluding hydrogens is 1090 g/mol. The van der Waals surface area contributed by atoms with E-state index >= 15 is 0 Å². The summed E-state index contributed by atoms with van der Waals surface area (Å²) in [6.07, 6.45) is 0. The van der Waals surface area contributed by atoms with Gasteiger partial charge in [0.1, 0.15) is 34.8 Å². The largest absolute Gasteiger partial charge is 0.482 e. The molecule has 7 aromatic carbocycles. The van der Waals surface area contributed by atoms with Crippen LogP contribution in [0.15, 0.2) is 164 Å². The maximum absolute atomic E-state index is 14.1. The SMILES string of the molecule is CCOC(C)=O.CCOC(C)=O.N#Cc1ccc(-c2cc3ccccc3c3c2OCC(=O)Nc2cccc(n2)NC(=O)c2cc(cc([N+](=O)[O-])c2)C(=O)Nc2cccc(n2)NC(=O)COc2c(-c4ccc(C#N)cc4)cc4ccccc4c2-3)cc1. The summed E-state index contributed by atoms with van der Waals surface area (Å²) >= 11 is 0. The number of nitrogens with zero attached hydrogens (tertiary/aromatic N) is 5. The second-order valence-electron chi connectivity index (χ2n) is 18.4. The van der Waals surface area contributed by atoms with Gasteiger partial charge in [0.2, 0.25) is 0 Å². The molecule has 21 nitrogen and oxygen atoms in total. The fourth-order valence-corrected chi connectivity index (χ4v) is 8.87. The minimum atomic E-state index is -0.845. The number of ether oxygens (including phenoxy) is 4. The van der Waals surface area contributed by atoms with Gasteiger partial charge in [-0.25, -0.2) is 9.97 Å². The highest BCUT2D eigenvalue weighted by Crippen LogP contribution is 2.52. The first kappa shape index (κ1) is 59.3. The van der Waals surface area contributed by atoms with Gasteiger partial charge >= 0.3 is 11.9 Å². The number of nitriles is 2. The van der Waals surface area contributed by atoms with Crippen LogP contribution in [-0.4, -0.2) is 76.9 Å². The van der Waals surface area contributed by atoms with Crippen molar-refractivity contribution in [1.82, 2.24) is 9.97 Å². The van der Waals surface area contributed by atoms with Crippen LogP contribution in [0.3, 0.4) is 0 Å². The van der Waals surface area contributed by atoms with Crippen molar-refractivity contribution in [2.45, 2.75) is 27.7 Å². The number of carbonyl (C=O) groups excluding carboxylic acids is 6. The number of nitrogens with one attached hydrogen (secondary N) is 4. The highest BCUT2D eigenvalue weighted by molar-refractivity contribution is 6.15. The van der Waals surface area contributed by atoms with Crippen molar-refractivity contribution in [2.24, 2.45) is 0 Å². The van der Waals surface area contributed by atoms with Crippen LogP contribution in [0, 0.1) is 32.8 Å². The summed E-state index contributed by atoms with van der Waals surface area (Å²) in [6, 6.07) is 49.2. The molecule has 21 heteroatoms. The number of hydrogen-bond donors (Lipinski definition) is 4. The Morgan fingerprint density at radius 2 is 0.906 bits per heavy atom. The topological polar surface area (TPSA) is 304 Å². The Morgan fingerprint density at radius 1 is 0.529 bits per heavy atom. The summed E-state index contributed by atoms with van der Waals surface area (Å²) in [5.74, 6) is -2.95. The van der Waals surface area contributed by atoms with Crippen LogP contribution in [0.2, 0.25) is 0 Å². The molecule has 0 aliphatic carbocycles. The molecule has 10 rings (SSSR count). The fraction of sp³-hybridized carbons (Fsp3) is 0.125.